The zero-order chi connectivity index (χ0) is 23.5. The quantitative estimate of drug-likeness (QED) is 0.411. The summed E-state index contributed by atoms with van der Waals surface area (Å²) in [5, 5.41) is 0. The van der Waals surface area contributed by atoms with Crippen LogP contribution in [0.5, 0.6) is 0 Å². The number of benzene rings is 3. The molecule has 0 aromatic heterocycles. The Hall–Kier alpha value is -3.22. The van der Waals surface area contributed by atoms with Gasteiger partial charge in [0.1, 0.15) is 0 Å². The zero-order valence-electron chi connectivity index (χ0n) is 17.9. The normalized spacial score (nSPS) is 18.8. The van der Waals surface area contributed by atoms with E-state index in [9.17, 15) is 16.8 Å². The number of hydrogen-bond donors (Lipinski definition) is 0. The molecule has 0 fully saturated rings. The fourth-order valence-corrected chi connectivity index (χ4v) is 7.36. The Morgan fingerprint density at radius 2 is 1.18 bits per heavy atom. The van der Waals surface area contributed by atoms with Gasteiger partial charge in [-0.1, -0.05) is 78.9 Å². The van der Waals surface area contributed by atoms with Gasteiger partial charge in [-0.15, -0.1) is 6.58 Å². The largest absolute Gasteiger partial charge is 0.219 e. The van der Waals surface area contributed by atoms with Crippen LogP contribution in [-0.2, 0) is 19.7 Å². The van der Waals surface area contributed by atoms with Crippen molar-refractivity contribution in [2.75, 3.05) is 0 Å². The Morgan fingerprint density at radius 1 is 0.697 bits per heavy atom. The molecule has 0 aliphatic heterocycles. The van der Waals surface area contributed by atoms with Gasteiger partial charge in [0.25, 0.3) is 0 Å². The van der Waals surface area contributed by atoms with Crippen molar-refractivity contribution in [2.45, 2.75) is 22.1 Å². The molecule has 1 aliphatic carbocycles. The maximum Gasteiger partial charge on any atom is 0.206 e. The summed E-state index contributed by atoms with van der Waals surface area (Å²) < 4.78 is 54.5. The molecule has 3 aromatic rings. The standard InChI is InChI=1S/C27H24O4S2/c1-2-12-22-19-25(32(28,29)23-15-8-4-9-16-23)20-26(27(22)21-13-6-3-7-14-21)33(30,31)24-17-10-5-11-18-24/h2-11,13-20,22,27H,1,12H2/t22-,27+/m1/s1. The van der Waals surface area contributed by atoms with E-state index >= 15 is 0 Å². The Labute approximate surface area is 195 Å². The summed E-state index contributed by atoms with van der Waals surface area (Å²) in [6.45, 7) is 3.83. The van der Waals surface area contributed by atoms with Crippen molar-refractivity contribution in [2.24, 2.45) is 5.92 Å². The summed E-state index contributed by atoms with van der Waals surface area (Å²) in [5.41, 5.74) is 0.808. The average Bonchev–Trinajstić information content (AvgIpc) is 2.85. The van der Waals surface area contributed by atoms with Gasteiger partial charge < -0.3 is 0 Å². The molecular formula is C27H24O4S2. The molecule has 1 aliphatic rings. The number of hydrogen-bond acceptors (Lipinski definition) is 4. The fraction of sp³-hybridized carbons (Fsp3) is 0.111. The third-order valence-electron chi connectivity index (χ3n) is 5.72. The van der Waals surface area contributed by atoms with E-state index in [0.717, 1.165) is 5.56 Å². The van der Waals surface area contributed by atoms with Crippen LogP contribution in [0.3, 0.4) is 0 Å². The summed E-state index contributed by atoms with van der Waals surface area (Å²) in [7, 11) is -7.87. The molecule has 3 aromatic carbocycles. The van der Waals surface area contributed by atoms with E-state index in [4.69, 9.17) is 0 Å². The van der Waals surface area contributed by atoms with Crippen molar-refractivity contribution in [1.29, 1.82) is 0 Å². The maximum absolute atomic E-state index is 13.8. The van der Waals surface area contributed by atoms with Crippen LogP contribution in [0.15, 0.2) is 135 Å². The fourth-order valence-electron chi connectivity index (χ4n) is 4.15. The lowest BCUT2D eigenvalue weighted by Gasteiger charge is -2.31. The molecule has 33 heavy (non-hydrogen) atoms. The average molecular weight is 477 g/mol. The van der Waals surface area contributed by atoms with Gasteiger partial charge in [-0.05, 0) is 48.2 Å². The van der Waals surface area contributed by atoms with Crippen molar-refractivity contribution >= 4 is 19.7 Å². The van der Waals surface area contributed by atoms with Gasteiger partial charge in [-0.25, -0.2) is 16.8 Å². The van der Waals surface area contributed by atoms with Crippen LogP contribution in [0, 0.1) is 5.92 Å². The molecule has 0 radical (unpaired) electrons. The minimum atomic E-state index is -3.96. The van der Waals surface area contributed by atoms with Crippen LogP contribution in [-0.4, -0.2) is 16.8 Å². The molecular weight excluding hydrogens is 452 g/mol. The third kappa shape index (κ3) is 4.49. The van der Waals surface area contributed by atoms with E-state index in [2.05, 4.69) is 6.58 Å². The lowest BCUT2D eigenvalue weighted by Crippen LogP contribution is -2.24. The van der Waals surface area contributed by atoms with Crippen LogP contribution in [0.2, 0.25) is 0 Å². The van der Waals surface area contributed by atoms with E-state index in [1.54, 1.807) is 48.6 Å². The van der Waals surface area contributed by atoms with E-state index in [1.807, 2.05) is 30.3 Å². The molecule has 0 amide bonds. The first-order chi connectivity index (χ1) is 15.9. The summed E-state index contributed by atoms with van der Waals surface area (Å²) in [6, 6.07) is 25.5. The minimum absolute atomic E-state index is 0.0118. The van der Waals surface area contributed by atoms with Crippen molar-refractivity contribution in [1.82, 2.24) is 0 Å². The molecule has 0 unspecified atom stereocenters. The molecule has 4 rings (SSSR count). The Morgan fingerprint density at radius 3 is 1.70 bits per heavy atom. The van der Waals surface area contributed by atoms with Crippen LogP contribution in [0.25, 0.3) is 0 Å². The van der Waals surface area contributed by atoms with Gasteiger partial charge in [0.2, 0.25) is 19.7 Å². The van der Waals surface area contributed by atoms with Gasteiger partial charge in [-0.3, -0.25) is 0 Å². The Kier molecular flexibility index (Phi) is 6.49. The van der Waals surface area contributed by atoms with Gasteiger partial charge in [0, 0.05) is 5.92 Å². The van der Waals surface area contributed by atoms with Crippen LogP contribution in [0.1, 0.15) is 17.9 Å². The van der Waals surface area contributed by atoms with Crippen LogP contribution < -0.4 is 0 Å². The van der Waals surface area contributed by atoms with Crippen molar-refractivity contribution in [3.63, 3.8) is 0 Å². The van der Waals surface area contributed by atoms with Gasteiger partial charge >= 0.3 is 0 Å². The highest BCUT2D eigenvalue weighted by atomic mass is 32.2. The predicted octanol–water partition coefficient (Wildman–Crippen LogP) is 5.69. The maximum atomic E-state index is 13.8. The Bertz CT molecular complexity index is 1410. The van der Waals surface area contributed by atoms with Gasteiger partial charge in [0.15, 0.2) is 0 Å². The molecule has 0 saturated heterocycles. The third-order valence-corrected chi connectivity index (χ3v) is 9.38. The first-order valence-electron chi connectivity index (χ1n) is 10.6. The first kappa shape index (κ1) is 23.0. The molecule has 6 heteroatoms. The van der Waals surface area contributed by atoms with E-state index < -0.39 is 31.5 Å². The van der Waals surface area contributed by atoms with Crippen molar-refractivity contribution < 1.29 is 16.8 Å². The smallest absolute Gasteiger partial charge is 0.206 e. The summed E-state index contributed by atoms with van der Waals surface area (Å²) in [4.78, 5) is 0.318. The van der Waals surface area contributed by atoms with E-state index in [-0.39, 0.29) is 19.6 Å². The molecule has 0 bridgehead atoms. The van der Waals surface area contributed by atoms with Crippen LogP contribution in [0.4, 0.5) is 0 Å². The minimum Gasteiger partial charge on any atom is -0.219 e. The van der Waals surface area contributed by atoms with E-state index in [0.29, 0.717) is 6.42 Å². The van der Waals surface area contributed by atoms with Gasteiger partial charge in [0.05, 0.1) is 19.6 Å². The lowest BCUT2D eigenvalue weighted by molar-refractivity contribution is 0.553. The number of sulfone groups is 2. The first-order valence-corrected chi connectivity index (χ1v) is 13.5. The summed E-state index contributed by atoms with van der Waals surface area (Å²) in [5.74, 6) is -0.930. The zero-order valence-corrected chi connectivity index (χ0v) is 19.5. The highest BCUT2D eigenvalue weighted by Crippen LogP contribution is 2.45. The second kappa shape index (κ2) is 9.33. The lowest BCUT2D eigenvalue weighted by atomic mass is 9.81. The molecule has 0 N–H and O–H groups in total. The molecule has 168 valence electrons. The molecule has 0 heterocycles. The predicted molar refractivity (Wildman–Crippen MR) is 131 cm³/mol. The topological polar surface area (TPSA) is 68.3 Å². The highest BCUT2D eigenvalue weighted by Gasteiger charge is 2.38. The molecule has 4 nitrogen and oxygen atoms in total. The second-order valence-electron chi connectivity index (χ2n) is 7.83. The molecule has 0 spiro atoms. The molecule has 2 atom stereocenters. The van der Waals surface area contributed by atoms with Crippen molar-refractivity contribution in [3.8, 4) is 0 Å². The van der Waals surface area contributed by atoms with E-state index in [1.165, 1.54) is 30.3 Å². The SMILES string of the molecule is C=CC[C@@H]1C=C(S(=O)(=O)c2ccccc2)C=C(S(=O)(=O)c2ccccc2)[C@H]1c1ccccc1. The number of allylic oxidation sites excluding steroid dienone is 4. The Balaban J connectivity index is 1.96. The second-order valence-corrected chi connectivity index (χ2v) is 11.7. The highest BCUT2D eigenvalue weighted by molar-refractivity contribution is 7.96. The monoisotopic (exact) mass is 476 g/mol. The van der Waals surface area contributed by atoms with Crippen LogP contribution >= 0.6 is 0 Å². The van der Waals surface area contributed by atoms with Crippen molar-refractivity contribution in [3.05, 3.63) is 131 Å². The number of rotatable bonds is 7. The molecule has 0 saturated carbocycles. The summed E-state index contributed by atoms with van der Waals surface area (Å²) in [6.07, 6.45) is 5.13. The summed E-state index contributed by atoms with van der Waals surface area (Å²) >= 11 is 0. The van der Waals surface area contributed by atoms with Gasteiger partial charge in [-0.2, -0.15) is 0 Å².